The highest BCUT2D eigenvalue weighted by Crippen LogP contribution is 2.19. The van der Waals surface area contributed by atoms with Gasteiger partial charge in [0.2, 0.25) is 5.91 Å². The summed E-state index contributed by atoms with van der Waals surface area (Å²) in [4.78, 5) is 10.8. The number of amides is 1. The molecule has 1 amide bonds. The fourth-order valence-corrected chi connectivity index (χ4v) is 0.954. The summed E-state index contributed by atoms with van der Waals surface area (Å²) >= 11 is 0. The van der Waals surface area contributed by atoms with Crippen LogP contribution in [0.2, 0.25) is 0 Å². The van der Waals surface area contributed by atoms with Crippen LogP contribution in [0, 0.1) is 0 Å². The van der Waals surface area contributed by atoms with E-state index in [2.05, 4.69) is 5.32 Å². The molecular formula is C7H13NO3. The van der Waals surface area contributed by atoms with Crippen molar-refractivity contribution in [2.45, 2.75) is 38.0 Å². The van der Waals surface area contributed by atoms with Crippen LogP contribution < -0.4 is 5.32 Å². The Hall–Kier alpha value is -0.610. The molecule has 0 saturated heterocycles. The third-order valence-corrected chi connectivity index (χ3v) is 1.94. The molecule has 4 nitrogen and oxygen atoms in total. The van der Waals surface area contributed by atoms with Gasteiger partial charge in [0.05, 0.1) is 12.1 Å². The Kier molecular flexibility index (Phi) is 2.46. The zero-order valence-electron chi connectivity index (χ0n) is 6.45. The summed E-state index contributed by atoms with van der Waals surface area (Å²) in [6.07, 6.45) is 0.144. The van der Waals surface area contributed by atoms with Gasteiger partial charge in [0.15, 0.2) is 0 Å². The van der Waals surface area contributed by atoms with E-state index in [1.165, 1.54) is 6.92 Å². The molecule has 0 aromatic rings. The molecule has 1 fully saturated rings. The zero-order chi connectivity index (χ0) is 8.43. The van der Waals surface area contributed by atoms with E-state index in [1.807, 2.05) is 0 Å². The minimum atomic E-state index is -0.984. The van der Waals surface area contributed by atoms with E-state index in [9.17, 15) is 4.79 Å². The molecule has 11 heavy (non-hydrogen) atoms. The van der Waals surface area contributed by atoms with Crippen LogP contribution in [0.15, 0.2) is 0 Å². The number of rotatable bonds is 2. The van der Waals surface area contributed by atoms with E-state index in [4.69, 9.17) is 10.2 Å². The van der Waals surface area contributed by atoms with Crippen molar-refractivity contribution < 1.29 is 15.0 Å². The lowest BCUT2D eigenvalue weighted by molar-refractivity contribution is -0.131. The Morgan fingerprint density at radius 2 is 2.27 bits per heavy atom. The molecule has 0 heterocycles. The summed E-state index contributed by atoms with van der Waals surface area (Å²) in [5.41, 5.74) is 0. The molecule has 3 N–H and O–H groups in total. The monoisotopic (exact) mass is 159 g/mol. The second-order valence-electron chi connectivity index (χ2n) is 2.94. The van der Waals surface area contributed by atoms with Crippen LogP contribution in [-0.4, -0.2) is 34.4 Å². The quantitative estimate of drug-likeness (QED) is 0.484. The molecule has 0 bridgehead atoms. The SMILES string of the molecule is CC(O)C(=O)N[C@@H]1CC[C@H]1O. The lowest BCUT2D eigenvalue weighted by Gasteiger charge is -2.33. The van der Waals surface area contributed by atoms with Crippen LogP contribution in [0.25, 0.3) is 0 Å². The van der Waals surface area contributed by atoms with Crippen molar-refractivity contribution in [2.75, 3.05) is 0 Å². The van der Waals surface area contributed by atoms with Gasteiger partial charge in [-0.3, -0.25) is 4.79 Å². The molecule has 1 aliphatic carbocycles. The fraction of sp³-hybridized carbons (Fsp3) is 0.857. The Morgan fingerprint density at radius 3 is 2.55 bits per heavy atom. The minimum absolute atomic E-state index is 0.142. The molecule has 0 spiro atoms. The van der Waals surface area contributed by atoms with Gasteiger partial charge < -0.3 is 15.5 Å². The van der Waals surface area contributed by atoms with Crippen molar-refractivity contribution in [3.63, 3.8) is 0 Å². The zero-order valence-corrected chi connectivity index (χ0v) is 6.45. The largest absolute Gasteiger partial charge is 0.391 e. The highest BCUT2D eigenvalue weighted by atomic mass is 16.3. The normalized spacial score (nSPS) is 32.3. The van der Waals surface area contributed by atoms with Crippen molar-refractivity contribution in [1.82, 2.24) is 5.32 Å². The number of hydrogen-bond acceptors (Lipinski definition) is 3. The third kappa shape index (κ3) is 1.91. The molecule has 1 saturated carbocycles. The first-order valence-corrected chi connectivity index (χ1v) is 3.78. The number of nitrogens with one attached hydrogen (secondary N) is 1. The van der Waals surface area contributed by atoms with Crippen LogP contribution in [0.1, 0.15) is 19.8 Å². The average molecular weight is 159 g/mol. The maximum atomic E-state index is 10.8. The molecule has 64 valence electrons. The van der Waals surface area contributed by atoms with E-state index in [-0.39, 0.29) is 6.04 Å². The molecule has 1 aliphatic rings. The van der Waals surface area contributed by atoms with Crippen molar-refractivity contribution in [2.24, 2.45) is 0 Å². The van der Waals surface area contributed by atoms with Crippen LogP contribution in [0.3, 0.4) is 0 Å². The number of carbonyl (C=O) groups is 1. The van der Waals surface area contributed by atoms with Crippen molar-refractivity contribution in [3.8, 4) is 0 Å². The maximum absolute atomic E-state index is 10.8. The Morgan fingerprint density at radius 1 is 1.64 bits per heavy atom. The molecular weight excluding hydrogens is 146 g/mol. The first-order valence-electron chi connectivity index (χ1n) is 3.78. The average Bonchev–Trinajstić information content (AvgIpc) is 1.96. The predicted molar refractivity (Wildman–Crippen MR) is 38.9 cm³/mol. The number of aliphatic hydroxyl groups excluding tert-OH is 2. The van der Waals surface area contributed by atoms with Crippen LogP contribution in [0.5, 0.6) is 0 Å². The summed E-state index contributed by atoms with van der Waals surface area (Å²) in [6.45, 7) is 1.40. The van der Waals surface area contributed by atoms with Gasteiger partial charge in [-0.2, -0.15) is 0 Å². The summed E-state index contributed by atoms with van der Waals surface area (Å²) in [5.74, 6) is -0.409. The molecule has 0 radical (unpaired) electrons. The second-order valence-corrected chi connectivity index (χ2v) is 2.94. The van der Waals surface area contributed by atoms with Gasteiger partial charge in [-0.25, -0.2) is 0 Å². The topological polar surface area (TPSA) is 69.6 Å². The predicted octanol–water partition coefficient (Wildman–Crippen LogP) is -0.993. The fourth-order valence-electron chi connectivity index (χ4n) is 0.954. The van der Waals surface area contributed by atoms with Gasteiger partial charge in [0.25, 0.3) is 0 Å². The second kappa shape index (κ2) is 3.19. The minimum Gasteiger partial charge on any atom is -0.391 e. The van der Waals surface area contributed by atoms with Gasteiger partial charge in [0.1, 0.15) is 6.10 Å². The molecule has 4 heteroatoms. The lowest BCUT2D eigenvalue weighted by atomic mass is 9.89. The number of carbonyl (C=O) groups excluding carboxylic acids is 1. The molecule has 0 aromatic heterocycles. The summed E-state index contributed by atoms with van der Waals surface area (Å²) in [7, 11) is 0. The lowest BCUT2D eigenvalue weighted by Crippen LogP contribution is -2.52. The van der Waals surface area contributed by atoms with Crippen LogP contribution >= 0.6 is 0 Å². The molecule has 0 aliphatic heterocycles. The molecule has 0 aromatic carbocycles. The van der Waals surface area contributed by atoms with Gasteiger partial charge >= 0.3 is 0 Å². The molecule has 3 atom stereocenters. The van der Waals surface area contributed by atoms with Gasteiger partial charge in [-0.1, -0.05) is 0 Å². The van der Waals surface area contributed by atoms with Crippen molar-refractivity contribution in [3.05, 3.63) is 0 Å². The smallest absolute Gasteiger partial charge is 0.248 e. The molecule has 1 rings (SSSR count). The van der Waals surface area contributed by atoms with Crippen LogP contribution in [-0.2, 0) is 4.79 Å². The summed E-state index contributed by atoms with van der Waals surface area (Å²) < 4.78 is 0. The standard InChI is InChI=1S/C7H13NO3/c1-4(9)7(11)8-5-2-3-6(5)10/h4-6,9-10H,2-3H2,1H3,(H,8,11)/t4?,5-,6-/m1/s1. The maximum Gasteiger partial charge on any atom is 0.248 e. The highest BCUT2D eigenvalue weighted by molar-refractivity contribution is 5.80. The van der Waals surface area contributed by atoms with E-state index < -0.39 is 18.1 Å². The van der Waals surface area contributed by atoms with Gasteiger partial charge in [-0.05, 0) is 19.8 Å². The van der Waals surface area contributed by atoms with E-state index in [0.29, 0.717) is 0 Å². The number of aliphatic hydroxyl groups is 2. The first-order chi connectivity index (χ1) is 5.11. The number of hydrogen-bond donors (Lipinski definition) is 3. The Balaban J connectivity index is 2.25. The van der Waals surface area contributed by atoms with Crippen LogP contribution in [0.4, 0.5) is 0 Å². The van der Waals surface area contributed by atoms with E-state index in [0.717, 1.165) is 12.8 Å². The Labute approximate surface area is 65.2 Å². The summed E-state index contributed by atoms with van der Waals surface area (Å²) in [5, 5.41) is 20.4. The van der Waals surface area contributed by atoms with Gasteiger partial charge in [0, 0.05) is 0 Å². The molecule has 1 unspecified atom stereocenters. The summed E-state index contributed by atoms with van der Waals surface area (Å²) in [6, 6.07) is -0.142. The van der Waals surface area contributed by atoms with Crippen molar-refractivity contribution in [1.29, 1.82) is 0 Å². The van der Waals surface area contributed by atoms with E-state index in [1.54, 1.807) is 0 Å². The third-order valence-electron chi connectivity index (χ3n) is 1.94. The van der Waals surface area contributed by atoms with Gasteiger partial charge in [-0.15, -0.1) is 0 Å². The first kappa shape index (κ1) is 8.49. The van der Waals surface area contributed by atoms with E-state index >= 15 is 0 Å². The van der Waals surface area contributed by atoms with Crippen molar-refractivity contribution >= 4 is 5.91 Å². The highest BCUT2D eigenvalue weighted by Gasteiger charge is 2.30. The Bertz CT molecular complexity index is 158.